The van der Waals surface area contributed by atoms with Gasteiger partial charge in [-0.25, -0.2) is 0 Å². The molecule has 784 valence electrons. The van der Waals surface area contributed by atoms with Crippen molar-refractivity contribution in [2.45, 2.75) is 783 Å². The molecule has 0 aromatic rings. The summed E-state index contributed by atoms with van der Waals surface area (Å²) in [5.74, 6) is 8.19. The van der Waals surface area contributed by atoms with Crippen LogP contribution in [0.5, 0.6) is 0 Å². The maximum absolute atomic E-state index is 2.43. The van der Waals surface area contributed by atoms with E-state index < -0.39 is 0 Å². The van der Waals surface area contributed by atoms with Crippen molar-refractivity contribution in [2.75, 3.05) is 0 Å². The Labute approximate surface area is 824 Å². The Kier molecular flexibility index (Phi) is 157. The van der Waals surface area contributed by atoms with E-state index in [9.17, 15) is 0 Å². The Morgan fingerprint density at radius 2 is 0.188 bits per heavy atom. The Bertz CT molecular complexity index is 1620. The third-order valence-electron chi connectivity index (χ3n) is 29.7. The average molecular weight is 1810 g/mol. The van der Waals surface area contributed by atoms with Gasteiger partial charge in [-0.05, 0) is 47.3 Å². The van der Waals surface area contributed by atoms with Crippen molar-refractivity contribution in [2.24, 2.45) is 47.3 Å². The zero-order valence-electron chi connectivity index (χ0n) is 96.5. The van der Waals surface area contributed by atoms with Crippen molar-refractivity contribution in [3.63, 3.8) is 0 Å². The monoisotopic (exact) mass is 1810 g/mol. The van der Waals surface area contributed by atoms with Crippen LogP contribution >= 0.6 is 0 Å². The Morgan fingerprint density at radius 1 is 0.0781 bits per heavy atom. The molecule has 0 aromatic carbocycles. The van der Waals surface area contributed by atoms with Crippen LogP contribution in [0.3, 0.4) is 0 Å². The maximum Gasteiger partial charge on any atom is -0.0386 e. The summed E-state index contributed by atoms with van der Waals surface area (Å²) in [6.45, 7) is 55.7. The molecule has 0 amide bonds. The normalized spacial score (nSPS) is 12.9. The van der Waals surface area contributed by atoms with Gasteiger partial charge >= 0.3 is 0 Å². The summed E-state index contributed by atoms with van der Waals surface area (Å²) in [5.41, 5.74) is 0. The van der Waals surface area contributed by atoms with E-state index in [4.69, 9.17) is 0 Å². The summed E-state index contributed by atoms with van der Waals surface area (Å²) in [5, 5.41) is 0. The highest BCUT2D eigenvalue weighted by Crippen LogP contribution is 2.34. The standard InChI is InChI=1S/2C21H44.4C16H34.2C11H24/c1-5-9-12-13-16-19-21(18-15-11-7-3)20(8-4)17-14-10-6-2;1-4-7-10-12-14-17-20-21(18-15-9-6-3)19-16-13-11-8-5-2;1-5-9-11-13-15(7-3)16(8-4)14-12-10-6-2;1-4-7-9-10-11-13-15-16(6-3)14-12-8-5-2;1-4-7-9-10-12-15-16(13-6-3)14-11-8-5-2;1-3-5-7-9-11-13-15-16-14-12-10-8-6-4-2;1-4-7-8-10-11(6-3)9-5-2;1-3-5-7-9-11-10-8-6-4-2/h20-21H,5-19H2,1-4H3;21H,4-20H2,1-3H3;15-16H,5-14H2,1-4H3;2*16H,4-15H2,1-3H3;3-16H2,1-2H3;11H,4-10H2,1-3H3;3-11H2,1-2H3. The van der Waals surface area contributed by atoms with Gasteiger partial charge in [0, 0.05) is 0 Å². The lowest BCUT2D eigenvalue weighted by Crippen LogP contribution is -2.15. The highest BCUT2D eigenvalue weighted by Gasteiger charge is 2.20. The molecule has 0 N–H and O–H groups in total. The van der Waals surface area contributed by atoms with Crippen molar-refractivity contribution in [1.82, 2.24) is 0 Å². The van der Waals surface area contributed by atoms with Crippen LogP contribution in [0.4, 0.5) is 0 Å². The van der Waals surface area contributed by atoms with E-state index >= 15 is 0 Å². The van der Waals surface area contributed by atoms with Crippen LogP contribution in [-0.4, -0.2) is 0 Å². The number of hydrogen-bond acceptors (Lipinski definition) is 0. The summed E-state index contributed by atoms with van der Waals surface area (Å²) >= 11 is 0. The van der Waals surface area contributed by atoms with Crippen LogP contribution in [-0.2, 0) is 0 Å². The first-order valence-corrected chi connectivity index (χ1v) is 62.8. The molecular formula is C128H272. The molecule has 0 aromatic heterocycles. The van der Waals surface area contributed by atoms with Crippen LogP contribution in [0.1, 0.15) is 783 Å². The van der Waals surface area contributed by atoms with Crippen LogP contribution in [0.15, 0.2) is 0 Å². The Hall–Kier alpha value is 0. The number of hydrogen-bond donors (Lipinski definition) is 0. The maximum atomic E-state index is 2.43. The van der Waals surface area contributed by atoms with Crippen LogP contribution in [0.2, 0.25) is 0 Å². The first-order valence-electron chi connectivity index (χ1n) is 62.8. The second-order valence-corrected chi connectivity index (χ2v) is 42.5. The van der Waals surface area contributed by atoms with Gasteiger partial charge in [0.25, 0.3) is 0 Å². The van der Waals surface area contributed by atoms with Gasteiger partial charge in [0.15, 0.2) is 0 Å². The molecule has 0 saturated carbocycles. The van der Waals surface area contributed by atoms with E-state index in [2.05, 4.69) is 166 Å². The molecule has 128 heavy (non-hydrogen) atoms. The zero-order valence-corrected chi connectivity index (χ0v) is 96.5. The van der Waals surface area contributed by atoms with Gasteiger partial charge in [0.05, 0.1) is 0 Å². The third-order valence-corrected chi connectivity index (χ3v) is 29.7. The first kappa shape index (κ1) is 143. The number of unbranched alkanes of at least 4 members (excludes halogenated alkanes) is 59. The predicted octanol–water partition coefficient (Wildman–Crippen LogP) is 50.7. The smallest absolute Gasteiger partial charge is 0.0386 e. The van der Waals surface area contributed by atoms with Crippen LogP contribution in [0.25, 0.3) is 0 Å². The molecule has 0 saturated heterocycles. The van der Waals surface area contributed by atoms with Gasteiger partial charge in [-0.3, -0.25) is 0 Å². The highest BCUT2D eigenvalue weighted by molar-refractivity contribution is 4.73. The van der Waals surface area contributed by atoms with Gasteiger partial charge in [-0.2, -0.15) is 0 Å². The molecule has 0 aliphatic heterocycles. The average Bonchev–Trinajstić information content (AvgIpc) is 0.966. The molecule has 0 aliphatic carbocycles. The van der Waals surface area contributed by atoms with Crippen molar-refractivity contribution in [1.29, 1.82) is 0 Å². The summed E-state index contributed by atoms with van der Waals surface area (Å²) in [7, 11) is 0. The lowest BCUT2D eigenvalue weighted by atomic mass is 9.79. The van der Waals surface area contributed by atoms with E-state index in [1.165, 1.54) is 616 Å². The molecule has 0 nitrogen and oxygen atoms in total. The van der Waals surface area contributed by atoms with E-state index in [0.717, 1.165) is 47.3 Å². The minimum atomic E-state index is 1.01. The third kappa shape index (κ3) is 132. The van der Waals surface area contributed by atoms with Gasteiger partial charge in [-0.15, -0.1) is 0 Å². The summed E-state index contributed by atoms with van der Waals surface area (Å²) in [4.78, 5) is 0. The van der Waals surface area contributed by atoms with Gasteiger partial charge in [0.2, 0.25) is 0 Å². The minimum Gasteiger partial charge on any atom is -0.0654 e. The fraction of sp³-hybridized carbons (Fsp3) is 1.00. The fourth-order valence-corrected chi connectivity index (χ4v) is 20.2. The quantitative estimate of drug-likeness (QED) is 0.0533. The molecule has 0 fully saturated rings. The first-order chi connectivity index (χ1) is 62.8. The van der Waals surface area contributed by atoms with Gasteiger partial charge < -0.3 is 0 Å². The van der Waals surface area contributed by atoms with E-state index in [1.807, 2.05) is 0 Å². The molecule has 0 heterocycles. The van der Waals surface area contributed by atoms with Crippen molar-refractivity contribution in [3.05, 3.63) is 0 Å². The minimum absolute atomic E-state index is 1.01. The molecule has 0 bridgehead atoms. The molecule has 0 heteroatoms. The Balaban J connectivity index is -0.000000216. The number of rotatable bonds is 96. The van der Waals surface area contributed by atoms with Crippen molar-refractivity contribution < 1.29 is 0 Å². The molecular weight excluding hydrogens is 1540 g/mol. The summed E-state index contributed by atoms with van der Waals surface area (Å²) in [6.07, 6.45) is 139. The van der Waals surface area contributed by atoms with Gasteiger partial charge in [-0.1, -0.05) is 783 Å². The second-order valence-electron chi connectivity index (χ2n) is 42.5. The van der Waals surface area contributed by atoms with Crippen LogP contribution < -0.4 is 0 Å². The molecule has 8 atom stereocenters. The highest BCUT2D eigenvalue weighted by atomic mass is 14.3. The second kappa shape index (κ2) is 140. The molecule has 0 aliphatic rings. The van der Waals surface area contributed by atoms with Gasteiger partial charge in [0.1, 0.15) is 0 Å². The summed E-state index contributed by atoms with van der Waals surface area (Å²) < 4.78 is 0. The largest absolute Gasteiger partial charge is 0.0654 e. The van der Waals surface area contributed by atoms with Crippen molar-refractivity contribution in [3.8, 4) is 0 Å². The van der Waals surface area contributed by atoms with E-state index in [0.29, 0.717) is 0 Å². The lowest BCUT2D eigenvalue weighted by Gasteiger charge is -2.27. The fourth-order valence-electron chi connectivity index (χ4n) is 20.2. The topological polar surface area (TPSA) is 0 Å². The predicted molar refractivity (Wildman–Crippen MR) is 607 cm³/mol. The van der Waals surface area contributed by atoms with Crippen molar-refractivity contribution >= 4 is 0 Å². The van der Waals surface area contributed by atoms with E-state index in [1.54, 1.807) is 0 Å². The zero-order chi connectivity index (χ0) is 96.5. The lowest BCUT2D eigenvalue weighted by molar-refractivity contribution is 0.250. The van der Waals surface area contributed by atoms with Crippen LogP contribution in [0, 0.1) is 47.3 Å². The SMILES string of the molecule is CCCCCC(CC)C(CC)CCCCC.CCCCCC(CC)CCC.CCCCCCCC(CCC)CCCCC.CCCCCCCC(CCCCC)C(CC)CCCCC.CCCCCCCCC(CC)CCCCC.CCCCCCCCC(CCCCC)CCCCCCC.CCCCCCCCCCC.CCCCCCCCCCCCCCCC. The molecule has 0 rings (SSSR count). The molecule has 0 radical (unpaired) electrons. The molecule has 0 spiro atoms. The molecule has 8 unspecified atom stereocenters. The summed E-state index contributed by atoms with van der Waals surface area (Å²) in [6, 6.07) is 0. The Morgan fingerprint density at radius 3 is 0.359 bits per heavy atom. The van der Waals surface area contributed by atoms with E-state index in [-0.39, 0.29) is 0 Å².